The summed E-state index contributed by atoms with van der Waals surface area (Å²) in [5.74, 6) is 1.71. The number of ketones is 1. The van der Waals surface area contributed by atoms with E-state index in [9.17, 15) is 4.79 Å². The molecule has 270 valence electrons. The van der Waals surface area contributed by atoms with Crippen LogP contribution in [0, 0.1) is 0 Å². The first kappa shape index (κ1) is 33.6. The van der Waals surface area contributed by atoms with Gasteiger partial charge in [0.2, 0.25) is 0 Å². The Bertz CT molecular complexity index is 2670. The fourth-order valence-electron chi connectivity index (χ4n) is 8.76. The summed E-state index contributed by atoms with van der Waals surface area (Å²) in [5.41, 5.74) is 14.1. The Morgan fingerprint density at radius 2 is 1.21 bits per heavy atom. The van der Waals surface area contributed by atoms with Gasteiger partial charge in [0.05, 0.1) is 11.4 Å². The van der Waals surface area contributed by atoms with Crippen LogP contribution in [0.1, 0.15) is 53.7 Å². The SMILES string of the molecule is CC1(C)c2ccccc2C(=O)c2cccc(-c3ccc(-c4ccc5c(c4)Oc4ccc(N(c6ccccc6)c6ccccc6)cc4N5C4=CCCC=C4)cc3)c21. The predicted octanol–water partition coefficient (Wildman–Crippen LogP) is 13.8. The molecule has 0 N–H and O–H groups in total. The fraction of sp³-hybridized carbons (Fsp3) is 0.0962. The molecule has 0 atom stereocenters. The summed E-state index contributed by atoms with van der Waals surface area (Å²) in [6, 6.07) is 56.9. The average Bonchev–Trinajstić information content (AvgIpc) is 3.26. The molecular weight excluding hydrogens is 685 g/mol. The molecule has 0 radical (unpaired) electrons. The largest absolute Gasteiger partial charge is 0.453 e. The van der Waals surface area contributed by atoms with Crippen molar-refractivity contribution in [1.82, 2.24) is 0 Å². The van der Waals surface area contributed by atoms with Gasteiger partial charge in [-0.1, -0.05) is 135 Å². The third-order valence-electron chi connectivity index (χ3n) is 11.4. The Kier molecular flexibility index (Phi) is 8.07. The summed E-state index contributed by atoms with van der Waals surface area (Å²) in [7, 11) is 0. The zero-order valence-electron chi connectivity index (χ0n) is 31.4. The molecule has 4 heteroatoms. The van der Waals surface area contributed by atoms with E-state index in [2.05, 4.69) is 175 Å². The molecule has 56 heavy (non-hydrogen) atoms. The first-order valence-corrected chi connectivity index (χ1v) is 19.4. The summed E-state index contributed by atoms with van der Waals surface area (Å²) < 4.78 is 6.78. The minimum Gasteiger partial charge on any atom is -0.453 e. The molecule has 7 aromatic carbocycles. The zero-order chi connectivity index (χ0) is 37.8. The van der Waals surface area contributed by atoms with Gasteiger partial charge < -0.3 is 14.5 Å². The Morgan fingerprint density at radius 1 is 0.554 bits per heavy atom. The highest BCUT2D eigenvalue weighted by Crippen LogP contribution is 2.52. The van der Waals surface area contributed by atoms with Crippen LogP contribution in [0.3, 0.4) is 0 Å². The summed E-state index contributed by atoms with van der Waals surface area (Å²) in [6.07, 6.45) is 8.82. The van der Waals surface area contributed by atoms with Crippen LogP contribution < -0.4 is 14.5 Å². The topological polar surface area (TPSA) is 32.8 Å². The molecule has 0 fully saturated rings. The molecular formula is C52H40N2O2. The molecule has 0 aromatic heterocycles. The van der Waals surface area contributed by atoms with E-state index in [1.807, 2.05) is 30.3 Å². The molecule has 0 unspecified atom stereocenters. The smallest absolute Gasteiger partial charge is 0.193 e. The van der Waals surface area contributed by atoms with E-state index in [1.54, 1.807) is 0 Å². The maximum atomic E-state index is 13.7. The van der Waals surface area contributed by atoms with Crippen LogP contribution in [0.25, 0.3) is 22.3 Å². The number of carbonyl (C=O) groups is 1. The minimum atomic E-state index is -0.321. The van der Waals surface area contributed by atoms with Gasteiger partial charge >= 0.3 is 0 Å². The Balaban J connectivity index is 1.02. The highest BCUT2D eigenvalue weighted by atomic mass is 16.5. The molecule has 0 saturated heterocycles. The maximum Gasteiger partial charge on any atom is 0.193 e. The van der Waals surface area contributed by atoms with Crippen LogP contribution in [0.4, 0.5) is 28.4 Å². The molecule has 1 heterocycles. The van der Waals surface area contributed by atoms with Crippen molar-refractivity contribution in [1.29, 1.82) is 0 Å². The summed E-state index contributed by atoms with van der Waals surface area (Å²) >= 11 is 0. The van der Waals surface area contributed by atoms with Crippen LogP contribution in [-0.4, -0.2) is 5.78 Å². The van der Waals surface area contributed by atoms with E-state index in [4.69, 9.17) is 4.74 Å². The van der Waals surface area contributed by atoms with Gasteiger partial charge in [-0.15, -0.1) is 0 Å². The lowest BCUT2D eigenvalue weighted by molar-refractivity contribution is 0.103. The van der Waals surface area contributed by atoms with E-state index < -0.39 is 0 Å². The average molecular weight is 725 g/mol. The summed E-state index contributed by atoms with van der Waals surface area (Å²) in [4.78, 5) is 18.3. The van der Waals surface area contributed by atoms with Gasteiger partial charge in [-0.25, -0.2) is 0 Å². The van der Waals surface area contributed by atoms with Crippen molar-refractivity contribution in [3.05, 3.63) is 210 Å². The van der Waals surface area contributed by atoms with Crippen molar-refractivity contribution in [2.24, 2.45) is 0 Å². The third-order valence-corrected chi connectivity index (χ3v) is 11.4. The van der Waals surface area contributed by atoms with Gasteiger partial charge in [0.15, 0.2) is 17.3 Å². The molecule has 0 saturated carbocycles. The molecule has 0 bridgehead atoms. The van der Waals surface area contributed by atoms with E-state index in [0.717, 1.165) is 103 Å². The fourth-order valence-corrected chi connectivity index (χ4v) is 8.76. The number of carbonyl (C=O) groups excluding carboxylic acids is 1. The standard InChI is InChI=1S/C52H40N2O2/c1-52(2)45-24-13-12-21-43(45)51(55)44-23-14-22-42(50(44)52)36-27-25-35(26-28-36)37-29-31-46-49(33-37)56-48-32-30-41(34-47(48)54(46)40-19-10-5-11-20-40)53(38-15-6-3-7-16-38)39-17-8-4-9-18-39/h3-4,6-10,12-34H,5,11H2,1-2H3. The van der Waals surface area contributed by atoms with Crippen molar-refractivity contribution in [3.63, 3.8) is 0 Å². The summed E-state index contributed by atoms with van der Waals surface area (Å²) in [5, 5.41) is 0. The van der Waals surface area contributed by atoms with Crippen LogP contribution >= 0.6 is 0 Å². The molecule has 1 aliphatic heterocycles. The second kappa shape index (κ2) is 13.4. The quantitative estimate of drug-likeness (QED) is 0.171. The van der Waals surface area contributed by atoms with Gasteiger partial charge in [-0.05, 0) is 107 Å². The number of hydrogen-bond acceptors (Lipinski definition) is 4. The molecule has 2 aliphatic carbocycles. The number of nitrogens with zero attached hydrogens (tertiary/aromatic N) is 2. The van der Waals surface area contributed by atoms with Crippen LogP contribution in [0.2, 0.25) is 0 Å². The van der Waals surface area contributed by atoms with Crippen molar-refractivity contribution < 1.29 is 9.53 Å². The first-order chi connectivity index (χ1) is 27.5. The summed E-state index contributed by atoms with van der Waals surface area (Å²) in [6.45, 7) is 4.46. The highest BCUT2D eigenvalue weighted by molar-refractivity contribution is 6.14. The third kappa shape index (κ3) is 5.56. The lowest BCUT2D eigenvalue weighted by Crippen LogP contribution is -2.31. The van der Waals surface area contributed by atoms with Gasteiger partial charge in [-0.3, -0.25) is 4.79 Å². The van der Waals surface area contributed by atoms with Crippen molar-refractivity contribution >= 4 is 34.2 Å². The second-order valence-electron chi connectivity index (χ2n) is 15.2. The normalized spacial score (nSPS) is 14.8. The van der Waals surface area contributed by atoms with E-state index in [0.29, 0.717) is 0 Å². The van der Waals surface area contributed by atoms with E-state index in [1.165, 1.54) is 0 Å². The molecule has 7 aromatic rings. The number of allylic oxidation sites excluding steroid dienone is 3. The van der Waals surface area contributed by atoms with Gasteiger partial charge in [0, 0.05) is 39.3 Å². The van der Waals surface area contributed by atoms with Crippen LogP contribution in [0.15, 0.2) is 188 Å². The van der Waals surface area contributed by atoms with E-state index in [-0.39, 0.29) is 11.2 Å². The number of para-hydroxylation sites is 2. The molecule has 0 spiro atoms. The molecule has 3 aliphatic rings. The number of benzene rings is 7. The molecule has 4 nitrogen and oxygen atoms in total. The Hall–Kier alpha value is -6.91. The first-order valence-electron chi connectivity index (χ1n) is 19.4. The van der Waals surface area contributed by atoms with Crippen LogP contribution in [0.5, 0.6) is 11.5 Å². The number of fused-ring (bicyclic) bond motifs is 4. The van der Waals surface area contributed by atoms with Gasteiger partial charge in [-0.2, -0.15) is 0 Å². The molecule has 0 amide bonds. The van der Waals surface area contributed by atoms with Crippen LogP contribution in [-0.2, 0) is 5.41 Å². The van der Waals surface area contributed by atoms with E-state index >= 15 is 0 Å². The lowest BCUT2D eigenvalue weighted by atomic mass is 9.66. The van der Waals surface area contributed by atoms with Crippen molar-refractivity contribution in [3.8, 4) is 33.8 Å². The molecule has 10 rings (SSSR count). The van der Waals surface area contributed by atoms with Gasteiger partial charge in [0.25, 0.3) is 0 Å². The number of anilines is 5. The lowest BCUT2D eigenvalue weighted by Gasteiger charge is -2.36. The predicted molar refractivity (Wildman–Crippen MR) is 229 cm³/mol. The monoisotopic (exact) mass is 724 g/mol. The number of rotatable bonds is 6. The second-order valence-corrected chi connectivity index (χ2v) is 15.2. The van der Waals surface area contributed by atoms with Crippen molar-refractivity contribution in [2.75, 3.05) is 9.80 Å². The van der Waals surface area contributed by atoms with Crippen molar-refractivity contribution in [2.45, 2.75) is 32.1 Å². The Labute approximate surface area is 328 Å². The Morgan fingerprint density at radius 3 is 1.95 bits per heavy atom. The maximum absolute atomic E-state index is 13.7. The highest BCUT2D eigenvalue weighted by Gasteiger charge is 2.38. The minimum absolute atomic E-state index is 0.0958. The number of ether oxygens (including phenoxy) is 1. The number of hydrogen-bond donors (Lipinski definition) is 0. The van der Waals surface area contributed by atoms with Gasteiger partial charge in [0.1, 0.15) is 0 Å². The zero-order valence-corrected chi connectivity index (χ0v) is 31.4.